The molecule has 0 saturated carbocycles. The molecule has 20 heavy (non-hydrogen) atoms. The van der Waals surface area contributed by atoms with Crippen molar-refractivity contribution in [2.24, 2.45) is 0 Å². The van der Waals surface area contributed by atoms with Gasteiger partial charge in [-0.05, 0) is 44.0 Å². The van der Waals surface area contributed by atoms with Crippen LogP contribution in [0.25, 0.3) is 0 Å². The molecule has 4 nitrogen and oxygen atoms in total. The topological polar surface area (TPSA) is 52.6 Å². The molecule has 2 N–H and O–H groups in total. The van der Waals surface area contributed by atoms with E-state index < -0.39 is 0 Å². The van der Waals surface area contributed by atoms with E-state index in [-0.39, 0.29) is 18.6 Å². The first-order valence-electron chi connectivity index (χ1n) is 7.43. The third-order valence-corrected chi connectivity index (χ3v) is 3.50. The van der Waals surface area contributed by atoms with E-state index in [4.69, 9.17) is 0 Å². The Morgan fingerprint density at radius 3 is 2.25 bits per heavy atom. The van der Waals surface area contributed by atoms with Crippen LogP contribution >= 0.6 is 0 Å². The van der Waals surface area contributed by atoms with Crippen LogP contribution in [0.5, 0.6) is 0 Å². The van der Waals surface area contributed by atoms with Crippen LogP contribution in [-0.2, 0) is 0 Å². The van der Waals surface area contributed by atoms with Crippen molar-refractivity contribution in [2.75, 3.05) is 25.0 Å². The summed E-state index contributed by atoms with van der Waals surface area (Å²) in [6.07, 6.45) is 1.80. The summed E-state index contributed by atoms with van der Waals surface area (Å²) in [6, 6.07) is 7.70. The summed E-state index contributed by atoms with van der Waals surface area (Å²) in [5.74, 6) is -0.00389. The molecule has 0 bridgehead atoms. The molecule has 1 rings (SSSR count). The Morgan fingerprint density at radius 1 is 1.20 bits per heavy atom. The minimum atomic E-state index is -0.00389. The molecule has 0 aromatic heterocycles. The largest absolute Gasteiger partial charge is 0.395 e. The van der Waals surface area contributed by atoms with Gasteiger partial charge in [-0.2, -0.15) is 0 Å². The van der Waals surface area contributed by atoms with Crippen molar-refractivity contribution in [3.63, 3.8) is 0 Å². The van der Waals surface area contributed by atoms with Gasteiger partial charge in [0.1, 0.15) is 0 Å². The molecule has 0 aliphatic heterocycles. The number of benzene rings is 1. The Bertz CT molecular complexity index is 399. The lowest BCUT2D eigenvalue weighted by atomic mass is 10.1. The predicted molar refractivity (Wildman–Crippen MR) is 83.1 cm³/mol. The fourth-order valence-electron chi connectivity index (χ4n) is 2.39. The summed E-state index contributed by atoms with van der Waals surface area (Å²) in [6.45, 7) is 7.42. The van der Waals surface area contributed by atoms with Crippen molar-refractivity contribution in [2.45, 2.75) is 39.7 Å². The van der Waals surface area contributed by atoms with Gasteiger partial charge in [-0.3, -0.25) is 4.79 Å². The minimum absolute atomic E-state index is 0.00227. The van der Waals surface area contributed by atoms with Crippen LogP contribution in [0.4, 0.5) is 5.69 Å². The molecule has 1 aromatic carbocycles. The summed E-state index contributed by atoms with van der Waals surface area (Å²) in [7, 11) is 0. The molecule has 0 radical (unpaired) electrons. The van der Waals surface area contributed by atoms with Gasteiger partial charge in [0.25, 0.3) is 5.91 Å². The zero-order chi connectivity index (χ0) is 15.0. The van der Waals surface area contributed by atoms with Gasteiger partial charge in [-0.1, -0.05) is 13.8 Å². The van der Waals surface area contributed by atoms with Gasteiger partial charge in [0.05, 0.1) is 6.61 Å². The van der Waals surface area contributed by atoms with Crippen molar-refractivity contribution in [1.82, 2.24) is 4.90 Å². The molecule has 4 heteroatoms. The summed E-state index contributed by atoms with van der Waals surface area (Å²) >= 11 is 0. The van der Waals surface area contributed by atoms with Crippen molar-refractivity contribution >= 4 is 11.6 Å². The number of hydrogen-bond donors (Lipinski definition) is 2. The quantitative estimate of drug-likeness (QED) is 0.769. The van der Waals surface area contributed by atoms with E-state index in [1.807, 2.05) is 31.2 Å². The maximum Gasteiger partial charge on any atom is 0.254 e. The lowest BCUT2D eigenvalue weighted by molar-refractivity contribution is 0.0622. The normalized spacial score (nSPS) is 10.7. The van der Waals surface area contributed by atoms with E-state index in [1.165, 1.54) is 0 Å². The number of rotatable bonds is 8. The number of amides is 1. The van der Waals surface area contributed by atoms with Crippen LogP contribution in [0, 0.1) is 0 Å². The molecule has 1 amide bonds. The van der Waals surface area contributed by atoms with Crippen LogP contribution in [0.1, 0.15) is 44.0 Å². The number of nitrogens with one attached hydrogen (secondary N) is 1. The van der Waals surface area contributed by atoms with E-state index >= 15 is 0 Å². The zero-order valence-electron chi connectivity index (χ0n) is 12.7. The number of nitrogens with zero attached hydrogens (tertiary/aromatic N) is 1. The van der Waals surface area contributed by atoms with E-state index in [2.05, 4.69) is 19.2 Å². The van der Waals surface area contributed by atoms with Crippen molar-refractivity contribution in [1.29, 1.82) is 0 Å². The molecular weight excluding hydrogens is 252 g/mol. The second-order valence-electron chi connectivity index (χ2n) is 4.80. The standard InChI is InChI=1S/C16H26N2O2/c1-4-15(5-2)18(11-12-19)16(20)13-7-9-14(10-8-13)17-6-3/h7-10,15,17,19H,4-6,11-12H2,1-3H3. The first-order chi connectivity index (χ1) is 9.67. The maximum atomic E-state index is 12.6. The number of carbonyl (C=O) groups is 1. The number of aliphatic hydroxyl groups is 1. The lowest BCUT2D eigenvalue weighted by Crippen LogP contribution is -2.41. The smallest absolute Gasteiger partial charge is 0.254 e. The summed E-state index contributed by atoms with van der Waals surface area (Å²) in [5, 5.41) is 12.4. The summed E-state index contributed by atoms with van der Waals surface area (Å²) < 4.78 is 0. The van der Waals surface area contributed by atoms with Crippen LogP contribution in [-0.4, -0.2) is 41.7 Å². The first kappa shape index (κ1) is 16.5. The molecule has 0 spiro atoms. The monoisotopic (exact) mass is 278 g/mol. The first-order valence-corrected chi connectivity index (χ1v) is 7.43. The molecule has 0 aliphatic rings. The molecule has 0 aliphatic carbocycles. The number of hydrogen-bond acceptors (Lipinski definition) is 3. The van der Waals surface area contributed by atoms with Crippen LogP contribution < -0.4 is 5.32 Å². The van der Waals surface area contributed by atoms with E-state index in [9.17, 15) is 9.90 Å². The summed E-state index contributed by atoms with van der Waals surface area (Å²) in [4.78, 5) is 14.3. The highest BCUT2D eigenvalue weighted by molar-refractivity contribution is 5.94. The molecule has 0 saturated heterocycles. The molecule has 112 valence electrons. The minimum Gasteiger partial charge on any atom is -0.395 e. The summed E-state index contributed by atoms with van der Waals surface area (Å²) in [5.41, 5.74) is 1.69. The van der Waals surface area contributed by atoms with Crippen LogP contribution in [0.2, 0.25) is 0 Å². The Kier molecular flexibility index (Phi) is 7.09. The number of aliphatic hydroxyl groups excluding tert-OH is 1. The number of carbonyl (C=O) groups excluding carboxylic acids is 1. The van der Waals surface area contributed by atoms with E-state index in [0.29, 0.717) is 12.1 Å². The maximum absolute atomic E-state index is 12.6. The fraction of sp³-hybridized carbons (Fsp3) is 0.562. The molecular formula is C16H26N2O2. The fourth-order valence-corrected chi connectivity index (χ4v) is 2.39. The number of anilines is 1. The van der Waals surface area contributed by atoms with Gasteiger partial charge in [0.15, 0.2) is 0 Å². The molecule has 0 atom stereocenters. The van der Waals surface area contributed by atoms with Gasteiger partial charge in [0.2, 0.25) is 0 Å². The second kappa shape index (κ2) is 8.59. The van der Waals surface area contributed by atoms with Crippen molar-refractivity contribution in [3.05, 3.63) is 29.8 Å². The average molecular weight is 278 g/mol. The van der Waals surface area contributed by atoms with Gasteiger partial charge in [0, 0.05) is 30.4 Å². The third kappa shape index (κ3) is 4.23. The van der Waals surface area contributed by atoms with E-state index in [0.717, 1.165) is 25.1 Å². The molecule has 1 aromatic rings. The molecule has 0 heterocycles. The lowest BCUT2D eigenvalue weighted by Gasteiger charge is -2.30. The highest BCUT2D eigenvalue weighted by Gasteiger charge is 2.21. The Morgan fingerprint density at radius 2 is 1.80 bits per heavy atom. The average Bonchev–Trinajstić information content (AvgIpc) is 2.48. The highest BCUT2D eigenvalue weighted by Crippen LogP contribution is 2.15. The highest BCUT2D eigenvalue weighted by atomic mass is 16.3. The van der Waals surface area contributed by atoms with Gasteiger partial charge in [-0.15, -0.1) is 0 Å². The SMILES string of the molecule is CCNc1ccc(C(=O)N(CCO)C(CC)CC)cc1. The second-order valence-corrected chi connectivity index (χ2v) is 4.80. The Balaban J connectivity index is 2.87. The Labute approximate surface area is 121 Å². The predicted octanol–water partition coefficient (Wildman–Crippen LogP) is 2.74. The zero-order valence-corrected chi connectivity index (χ0v) is 12.7. The van der Waals surface area contributed by atoms with Gasteiger partial charge in [-0.25, -0.2) is 0 Å². The van der Waals surface area contributed by atoms with Crippen LogP contribution in [0.15, 0.2) is 24.3 Å². The van der Waals surface area contributed by atoms with Crippen molar-refractivity contribution in [3.8, 4) is 0 Å². The molecule has 0 unspecified atom stereocenters. The van der Waals surface area contributed by atoms with E-state index in [1.54, 1.807) is 4.90 Å². The van der Waals surface area contributed by atoms with Crippen molar-refractivity contribution < 1.29 is 9.90 Å². The van der Waals surface area contributed by atoms with Crippen LogP contribution in [0.3, 0.4) is 0 Å². The Hall–Kier alpha value is -1.55. The molecule has 0 fully saturated rings. The van der Waals surface area contributed by atoms with Gasteiger partial charge >= 0.3 is 0 Å². The third-order valence-electron chi connectivity index (χ3n) is 3.50. The van der Waals surface area contributed by atoms with Gasteiger partial charge < -0.3 is 15.3 Å².